The standard InChI is InChI=1S/C14H17N3O2S/c18-13(16-7-9-19-10-8-16)5-6-17-12-4-2-1-3-11(12)15-14(17)20/h1-4H,5-10H2,(H,15,20). The van der Waals surface area contributed by atoms with Crippen LogP contribution in [0.25, 0.3) is 11.0 Å². The number of imidazole rings is 1. The maximum absolute atomic E-state index is 12.2. The van der Waals surface area contributed by atoms with Gasteiger partial charge in [0.05, 0.1) is 24.2 Å². The zero-order valence-corrected chi connectivity index (χ0v) is 12.0. The Kier molecular flexibility index (Phi) is 3.84. The van der Waals surface area contributed by atoms with Gasteiger partial charge in [0, 0.05) is 26.1 Å². The highest BCUT2D eigenvalue weighted by atomic mass is 32.1. The molecule has 1 N–H and O–H groups in total. The van der Waals surface area contributed by atoms with Crippen LogP contribution in [0.15, 0.2) is 24.3 Å². The Hall–Kier alpha value is -1.66. The van der Waals surface area contributed by atoms with Crippen molar-refractivity contribution < 1.29 is 9.53 Å². The Bertz CT molecular complexity index is 670. The molecule has 0 spiro atoms. The van der Waals surface area contributed by atoms with Crippen LogP contribution in [0.1, 0.15) is 6.42 Å². The summed E-state index contributed by atoms with van der Waals surface area (Å²) in [6, 6.07) is 7.95. The average Bonchev–Trinajstić information content (AvgIpc) is 2.81. The van der Waals surface area contributed by atoms with Gasteiger partial charge in [-0.2, -0.15) is 0 Å². The molecule has 0 bridgehead atoms. The lowest BCUT2D eigenvalue weighted by molar-refractivity contribution is -0.135. The van der Waals surface area contributed by atoms with Gasteiger partial charge in [0.25, 0.3) is 0 Å². The molecule has 3 rings (SSSR count). The van der Waals surface area contributed by atoms with Crippen molar-refractivity contribution in [3.8, 4) is 0 Å². The summed E-state index contributed by atoms with van der Waals surface area (Å²) in [6.07, 6.45) is 0.468. The van der Waals surface area contributed by atoms with E-state index in [0.717, 1.165) is 11.0 Å². The number of nitrogens with zero attached hydrogens (tertiary/aromatic N) is 2. The van der Waals surface area contributed by atoms with Gasteiger partial charge >= 0.3 is 0 Å². The number of carbonyl (C=O) groups is 1. The zero-order valence-electron chi connectivity index (χ0n) is 11.2. The van der Waals surface area contributed by atoms with Gasteiger partial charge in [-0.3, -0.25) is 4.79 Å². The molecule has 0 unspecified atom stereocenters. The summed E-state index contributed by atoms with van der Waals surface area (Å²) in [4.78, 5) is 17.2. The SMILES string of the molecule is O=C(CCn1c(=S)[nH]c2ccccc21)N1CCOCC1. The van der Waals surface area contributed by atoms with Crippen LogP contribution in [0.5, 0.6) is 0 Å². The van der Waals surface area contributed by atoms with E-state index in [1.54, 1.807) is 0 Å². The number of rotatable bonds is 3. The fourth-order valence-electron chi connectivity index (χ4n) is 2.51. The highest BCUT2D eigenvalue weighted by Crippen LogP contribution is 2.14. The number of hydrogen-bond acceptors (Lipinski definition) is 3. The van der Waals surface area contributed by atoms with Crippen molar-refractivity contribution in [3.05, 3.63) is 29.0 Å². The van der Waals surface area contributed by atoms with E-state index in [4.69, 9.17) is 17.0 Å². The van der Waals surface area contributed by atoms with E-state index in [1.165, 1.54) is 0 Å². The highest BCUT2D eigenvalue weighted by molar-refractivity contribution is 7.71. The van der Waals surface area contributed by atoms with Crippen LogP contribution < -0.4 is 0 Å². The zero-order chi connectivity index (χ0) is 13.9. The smallest absolute Gasteiger partial charge is 0.224 e. The second kappa shape index (κ2) is 5.76. The molecule has 0 saturated carbocycles. The second-order valence-corrected chi connectivity index (χ2v) is 5.23. The number of nitrogens with one attached hydrogen (secondary N) is 1. The quantitative estimate of drug-likeness (QED) is 0.879. The largest absolute Gasteiger partial charge is 0.378 e. The molecular weight excluding hydrogens is 274 g/mol. The fourth-order valence-corrected chi connectivity index (χ4v) is 2.81. The number of hydrogen-bond donors (Lipinski definition) is 1. The Morgan fingerprint density at radius 3 is 2.85 bits per heavy atom. The lowest BCUT2D eigenvalue weighted by Gasteiger charge is -2.26. The first-order valence-electron chi connectivity index (χ1n) is 6.79. The van der Waals surface area contributed by atoms with E-state index in [2.05, 4.69) is 4.98 Å². The van der Waals surface area contributed by atoms with Gasteiger partial charge in [0.2, 0.25) is 5.91 Å². The normalized spacial score (nSPS) is 15.7. The Balaban J connectivity index is 1.72. The molecule has 1 aromatic carbocycles. The molecule has 0 aliphatic carbocycles. The predicted molar refractivity (Wildman–Crippen MR) is 79.1 cm³/mol. The van der Waals surface area contributed by atoms with Crippen molar-refractivity contribution in [2.75, 3.05) is 26.3 Å². The van der Waals surface area contributed by atoms with Crippen LogP contribution in [0, 0.1) is 4.77 Å². The lowest BCUT2D eigenvalue weighted by Crippen LogP contribution is -2.40. The summed E-state index contributed by atoms with van der Waals surface area (Å²) in [5.74, 6) is 0.167. The van der Waals surface area contributed by atoms with Crippen LogP contribution in [0.3, 0.4) is 0 Å². The minimum Gasteiger partial charge on any atom is -0.378 e. The number of H-pyrrole nitrogens is 1. The minimum absolute atomic E-state index is 0.167. The molecule has 0 atom stereocenters. The van der Waals surface area contributed by atoms with Gasteiger partial charge in [0.1, 0.15) is 0 Å². The molecule has 1 aliphatic rings. The summed E-state index contributed by atoms with van der Waals surface area (Å²) in [7, 11) is 0. The molecule has 2 aromatic rings. The second-order valence-electron chi connectivity index (χ2n) is 4.84. The number of carbonyl (C=O) groups excluding carboxylic acids is 1. The van der Waals surface area contributed by atoms with E-state index >= 15 is 0 Å². The highest BCUT2D eigenvalue weighted by Gasteiger charge is 2.16. The third-order valence-electron chi connectivity index (χ3n) is 3.59. The van der Waals surface area contributed by atoms with Crippen LogP contribution in [0.2, 0.25) is 0 Å². The molecule has 1 aliphatic heterocycles. The van der Waals surface area contributed by atoms with Gasteiger partial charge in [-0.15, -0.1) is 0 Å². The van der Waals surface area contributed by atoms with Crippen molar-refractivity contribution in [3.63, 3.8) is 0 Å². The van der Waals surface area contributed by atoms with E-state index in [9.17, 15) is 4.79 Å². The first-order chi connectivity index (χ1) is 9.75. The topological polar surface area (TPSA) is 50.3 Å². The minimum atomic E-state index is 0.167. The Morgan fingerprint density at radius 1 is 1.30 bits per heavy atom. The molecule has 1 fully saturated rings. The average molecular weight is 291 g/mol. The summed E-state index contributed by atoms with van der Waals surface area (Å²) in [5, 5.41) is 0. The van der Waals surface area contributed by atoms with Crippen LogP contribution in [-0.4, -0.2) is 46.7 Å². The van der Waals surface area contributed by atoms with Crippen molar-refractivity contribution in [2.45, 2.75) is 13.0 Å². The third-order valence-corrected chi connectivity index (χ3v) is 3.92. The van der Waals surface area contributed by atoms with Gasteiger partial charge in [-0.25, -0.2) is 0 Å². The molecule has 1 amide bonds. The van der Waals surface area contributed by atoms with Gasteiger partial charge in [0.15, 0.2) is 4.77 Å². The first kappa shape index (κ1) is 13.3. The van der Waals surface area contributed by atoms with Crippen LogP contribution in [-0.2, 0) is 16.1 Å². The van der Waals surface area contributed by atoms with Gasteiger partial charge in [-0.05, 0) is 24.4 Å². The Labute approximate surface area is 122 Å². The van der Waals surface area contributed by atoms with Gasteiger partial charge in [-0.1, -0.05) is 12.1 Å². The van der Waals surface area contributed by atoms with E-state index in [-0.39, 0.29) is 5.91 Å². The number of amides is 1. The first-order valence-corrected chi connectivity index (χ1v) is 7.19. The van der Waals surface area contributed by atoms with E-state index in [0.29, 0.717) is 44.0 Å². The van der Waals surface area contributed by atoms with Crippen molar-refractivity contribution in [1.82, 2.24) is 14.5 Å². The van der Waals surface area contributed by atoms with Crippen molar-refractivity contribution in [2.24, 2.45) is 0 Å². The molecule has 0 radical (unpaired) electrons. The summed E-state index contributed by atoms with van der Waals surface area (Å²) >= 11 is 5.32. The number of benzene rings is 1. The van der Waals surface area contributed by atoms with E-state index < -0.39 is 0 Å². The van der Waals surface area contributed by atoms with Crippen molar-refractivity contribution >= 4 is 29.2 Å². The van der Waals surface area contributed by atoms with Crippen molar-refractivity contribution in [1.29, 1.82) is 0 Å². The molecule has 5 nitrogen and oxygen atoms in total. The number of morpholine rings is 1. The maximum atomic E-state index is 12.2. The molecule has 2 heterocycles. The molecule has 1 saturated heterocycles. The predicted octanol–water partition coefficient (Wildman–Crippen LogP) is 1.95. The summed E-state index contributed by atoms with van der Waals surface area (Å²) in [5.41, 5.74) is 2.06. The van der Waals surface area contributed by atoms with Crippen LogP contribution in [0.4, 0.5) is 0 Å². The lowest BCUT2D eigenvalue weighted by atomic mass is 10.3. The monoisotopic (exact) mass is 291 g/mol. The fraction of sp³-hybridized carbons (Fsp3) is 0.429. The maximum Gasteiger partial charge on any atom is 0.224 e. The molecule has 20 heavy (non-hydrogen) atoms. The number of fused-ring (bicyclic) bond motifs is 1. The number of aromatic amines is 1. The number of para-hydroxylation sites is 2. The molecule has 1 aromatic heterocycles. The number of ether oxygens (including phenoxy) is 1. The summed E-state index contributed by atoms with van der Waals surface area (Å²) in [6.45, 7) is 3.27. The number of aromatic nitrogens is 2. The summed E-state index contributed by atoms with van der Waals surface area (Å²) < 4.78 is 7.91. The van der Waals surface area contributed by atoms with E-state index in [1.807, 2.05) is 33.7 Å². The Morgan fingerprint density at radius 2 is 2.05 bits per heavy atom. The number of aryl methyl sites for hydroxylation is 1. The van der Waals surface area contributed by atoms with Crippen LogP contribution >= 0.6 is 12.2 Å². The molecule has 106 valence electrons. The van der Waals surface area contributed by atoms with Gasteiger partial charge < -0.3 is 19.2 Å². The third kappa shape index (κ3) is 2.62. The molecule has 6 heteroatoms. The molecular formula is C14H17N3O2S.